The van der Waals surface area contributed by atoms with E-state index in [1.807, 2.05) is 19.1 Å². The molecular weight excluding hydrogens is 372 g/mol. The SMILES string of the molecule is Cc1c(C)c(O)c(O)c(-c2c3c(cc4c(O)c(O)c(O)c(O)c24)=CCCC=3)c1C. The van der Waals surface area contributed by atoms with Crippen molar-refractivity contribution in [2.24, 2.45) is 0 Å². The molecule has 0 fully saturated rings. The molecule has 0 radical (unpaired) electrons. The normalized spacial score (nSPS) is 13.1. The molecule has 1 aliphatic rings. The highest BCUT2D eigenvalue weighted by Crippen LogP contribution is 2.52. The van der Waals surface area contributed by atoms with Gasteiger partial charge in [0.2, 0.25) is 11.5 Å². The van der Waals surface area contributed by atoms with Crippen LogP contribution in [0.3, 0.4) is 0 Å². The molecule has 0 unspecified atom stereocenters. The van der Waals surface area contributed by atoms with Crippen LogP contribution in [-0.2, 0) is 0 Å². The summed E-state index contributed by atoms with van der Waals surface area (Å²) in [5.41, 5.74) is 2.69. The fourth-order valence-corrected chi connectivity index (χ4v) is 4.16. The minimum absolute atomic E-state index is 0.0872. The van der Waals surface area contributed by atoms with Crippen LogP contribution >= 0.6 is 0 Å². The van der Waals surface area contributed by atoms with Gasteiger partial charge in [-0.3, -0.25) is 0 Å². The second-order valence-corrected chi connectivity index (χ2v) is 7.50. The van der Waals surface area contributed by atoms with E-state index in [1.54, 1.807) is 19.9 Å². The first kappa shape index (κ1) is 18.8. The molecule has 6 N–H and O–H groups in total. The molecule has 0 saturated carbocycles. The number of aromatic hydroxyl groups is 6. The number of rotatable bonds is 1. The minimum atomic E-state index is -0.846. The van der Waals surface area contributed by atoms with Crippen LogP contribution in [0.5, 0.6) is 34.5 Å². The van der Waals surface area contributed by atoms with Gasteiger partial charge < -0.3 is 30.6 Å². The maximum absolute atomic E-state index is 10.9. The third kappa shape index (κ3) is 2.42. The molecule has 29 heavy (non-hydrogen) atoms. The fraction of sp³-hybridized carbons (Fsp3) is 0.217. The highest BCUT2D eigenvalue weighted by Gasteiger charge is 2.26. The van der Waals surface area contributed by atoms with Gasteiger partial charge >= 0.3 is 0 Å². The van der Waals surface area contributed by atoms with Crippen LogP contribution in [-0.4, -0.2) is 30.6 Å². The molecule has 0 atom stereocenters. The van der Waals surface area contributed by atoms with Crippen LogP contribution in [0.2, 0.25) is 0 Å². The molecule has 3 aromatic carbocycles. The molecule has 0 saturated heterocycles. The summed E-state index contributed by atoms with van der Waals surface area (Å²) in [7, 11) is 0. The Morgan fingerprint density at radius 1 is 0.586 bits per heavy atom. The van der Waals surface area contributed by atoms with Crippen LogP contribution in [0.15, 0.2) is 6.07 Å². The van der Waals surface area contributed by atoms with Crippen molar-refractivity contribution in [3.05, 3.63) is 33.2 Å². The average Bonchev–Trinajstić information content (AvgIpc) is 2.73. The number of phenolic OH excluding ortho intramolecular Hbond substituents is 6. The van der Waals surface area contributed by atoms with E-state index in [0.29, 0.717) is 27.5 Å². The molecule has 150 valence electrons. The maximum atomic E-state index is 10.9. The van der Waals surface area contributed by atoms with E-state index in [1.165, 1.54) is 0 Å². The van der Waals surface area contributed by atoms with Gasteiger partial charge in [0, 0.05) is 21.9 Å². The van der Waals surface area contributed by atoms with Gasteiger partial charge in [-0.1, -0.05) is 12.2 Å². The lowest BCUT2D eigenvalue weighted by Gasteiger charge is -2.20. The summed E-state index contributed by atoms with van der Waals surface area (Å²) in [5, 5.41) is 64.4. The minimum Gasteiger partial charge on any atom is -0.504 e. The average molecular weight is 394 g/mol. The van der Waals surface area contributed by atoms with Gasteiger partial charge in [-0.2, -0.15) is 0 Å². The first-order chi connectivity index (χ1) is 13.7. The van der Waals surface area contributed by atoms with Crippen molar-refractivity contribution < 1.29 is 30.6 Å². The number of hydrogen-bond donors (Lipinski definition) is 6. The second-order valence-electron chi connectivity index (χ2n) is 7.50. The number of fused-ring (bicyclic) bond motifs is 2. The molecule has 3 aromatic rings. The fourth-order valence-electron chi connectivity index (χ4n) is 4.16. The Morgan fingerprint density at radius 2 is 1.21 bits per heavy atom. The molecule has 0 spiro atoms. The quantitative estimate of drug-likeness (QED) is 0.279. The number of phenols is 6. The van der Waals surface area contributed by atoms with Crippen LogP contribution in [0.1, 0.15) is 29.5 Å². The van der Waals surface area contributed by atoms with E-state index >= 15 is 0 Å². The van der Waals surface area contributed by atoms with Gasteiger partial charge in [0.1, 0.15) is 0 Å². The molecule has 1 aliphatic carbocycles. The molecule has 0 amide bonds. The van der Waals surface area contributed by atoms with E-state index in [4.69, 9.17) is 0 Å². The zero-order valence-corrected chi connectivity index (χ0v) is 16.3. The van der Waals surface area contributed by atoms with E-state index in [0.717, 1.165) is 23.6 Å². The summed E-state index contributed by atoms with van der Waals surface area (Å²) in [6, 6.07) is 1.63. The highest BCUT2D eigenvalue weighted by molar-refractivity contribution is 6.08. The van der Waals surface area contributed by atoms with Crippen molar-refractivity contribution in [1.82, 2.24) is 0 Å². The second kappa shape index (κ2) is 6.24. The van der Waals surface area contributed by atoms with Crippen molar-refractivity contribution in [3.8, 4) is 45.6 Å². The Morgan fingerprint density at radius 3 is 1.90 bits per heavy atom. The van der Waals surface area contributed by atoms with Crippen molar-refractivity contribution in [1.29, 1.82) is 0 Å². The van der Waals surface area contributed by atoms with Gasteiger partial charge in [0.05, 0.1) is 0 Å². The van der Waals surface area contributed by atoms with Gasteiger partial charge in [-0.15, -0.1) is 0 Å². The smallest absolute Gasteiger partial charge is 0.204 e. The molecule has 0 aromatic heterocycles. The summed E-state index contributed by atoms with van der Waals surface area (Å²) in [6.07, 6.45) is 5.43. The topological polar surface area (TPSA) is 121 Å². The predicted octanol–water partition coefficient (Wildman–Crippen LogP) is 3.02. The first-order valence-corrected chi connectivity index (χ1v) is 9.31. The van der Waals surface area contributed by atoms with E-state index in [9.17, 15) is 30.6 Å². The lowest BCUT2D eigenvalue weighted by molar-refractivity contribution is 0.351. The monoisotopic (exact) mass is 394 g/mol. The van der Waals surface area contributed by atoms with Crippen LogP contribution in [0, 0.1) is 20.8 Å². The lowest BCUT2D eigenvalue weighted by Crippen LogP contribution is -2.29. The summed E-state index contributed by atoms with van der Waals surface area (Å²) in [4.78, 5) is 0. The standard InChI is InChI=1S/C23H22O6/c1-9-10(2)15(20(26)18(24)11(9)3)16-13-7-5-4-6-12(13)8-14-17(16)21(27)23(29)22(28)19(14)25/h6-8,24-29H,4-5H2,1-3H3. The van der Waals surface area contributed by atoms with Crippen molar-refractivity contribution in [2.75, 3.05) is 0 Å². The zero-order valence-electron chi connectivity index (χ0n) is 16.3. The van der Waals surface area contributed by atoms with Crippen molar-refractivity contribution in [2.45, 2.75) is 33.6 Å². The molecular formula is C23H22O6. The Bertz CT molecular complexity index is 1310. The Labute approximate surface area is 166 Å². The first-order valence-electron chi connectivity index (χ1n) is 9.31. The summed E-state index contributed by atoms with van der Waals surface area (Å²) < 4.78 is 0. The Balaban J connectivity index is 2.38. The Kier molecular flexibility index (Phi) is 4.04. The molecule has 0 heterocycles. The van der Waals surface area contributed by atoms with E-state index in [2.05, 4.69) is 0 Å². The number of benzene rings is 3. The molecule has 6 nitrogen and oxygen atoms in total. The van der Waals surface area contributed by atoms with Gasteiger partial charge in [0.25, 0.3) is 0 Å². The van der Waals surface area contributed by atoms with Gasteiger partial charge in [-0.05, 0) is 66.8 Å². The molecule has 0 aliphatic heterocycles. The van der Waals surface area contributed by atoms with E-state index < -0.39 is 23.0 Å². The van der Waals surface area contributed by atoms with Crippen LogP contribution in [0.4, 0.5) is 0 Å². The largest absolute Gasteiger partial charge is 0.504 e. The van der Waals surface area contributed by atoms with Crippen molar-refractivity contribution >= 4 is 22.9 Å². The summed E-state index contributed by atoms with van der Waals surface area (Å²) in [6.45, 7) is 5.32. The molecule has 4 rings (SSSR count). The third-order valence-corrected chi connectivity index (χ3v) is 6.01. The van der Waals surface area contributed by atoms with E-state index in [-0.39, 0.29) is 22.3 Å². The predicted molar refractivity (Wildman–Crippen MR) is 111 cm³/mol. The molecule has 6 heteroatoms. The number of hydrogen-bond acceptors (Lipinski definition) is 6. The Hall–Kier alpha value is -3.54. The van der Waals surface area contributed by atoms with Gasteiger partial charge in [0.15, 0.2) is 23.0 Å². The summed E-state index contributed by atoms with van der Waals surface area (Å²) in [5.74, 6) is -3.44. The highest BCUT2D eigenvalue weighted by atomic mass is 16.3. The van der Waals surface area contributed by atoms with Crippen molar-refractivity contribution in [3.63, 3.8) is 0 Å². The van der Waals surface area contributed by atoms with Gasteiger partial charge in [-0.25, -0.2) is 0 Å². The zero-order chi connectivity index (χ0) is 21.2. The maximum Gasteiger partial charge on any atom is 0.204 e. The summed E-state index contributed by atoms with van der Waals surface area (Å²) >= 11 is 0. The third-order valence-electron chi connectivity index (χ3n) is 6.01. The molecule has 0 bridgehead atoms. The van der Waals surface area contributed by atoms with Crippen LogP contribution < -0.4 is 10.4 Å². The lowest BCUT2D eigenvalue weighted by atomic mass is 9.86. The van der Waals surface area contributed by atoms with Crippen LogP contribution in [0.25, 0.3) is 34.1 Å².